The summed E-state index contributed by atoms with van der Waals surface area (Å²) in [4.78, 5) is 13.1. The number of hydrogen-bond donors (Lipinski definition) is 2. The second kappa shape index (κ2) is 7.97. The lowest BCUT2D eigenvalue weighted by atomic mass is 10.0. The van der Waals surface area contributed by atoms with Gasteiger partial charge in [0.05, 0.1) is 0 Å². The predicted molar refractivity (Wildman–Crippen MR) is 93.5 cm³/mol. The Hall–Kier alpha value is -1.07. The SMILES string of the molecule is Cc1ccsc1C(C)NC(CNC(=O)OC(C)(C)C)C(C)C. The lowest BCUT2D eigenvalue weighted by Crippen LogP contribution is -2.46. The van der Waals surface area contributed by atoms with Crippen LogP contribution in [0.3, 0.4) is 0 Å². The number of alkyl carbamates (subject to hydrolysis) is 1. The van der Waals surface area contributed by atoms with Crippen molar-refractivity contribution in [2.45, 2.75) is 66.2 Å². The van der Waals surface area contributed by atoms with Crippen LogP contribution in [0.4, 0.5) is 4.79 Å². The summed E-state index contributed by atoms with van der Waals surface area (Å²) in [7, 11) is 0. The van der Waals surface area contributed by atoms with Gasteiger partial charge < -0.3 is 15.4 Å². The zero-order valence-corrected chi connectivity index (χ0v) is 15.6. The number of thiophene rings is 1. The summed E-state index contributed by atoms with van der Waals surface area (Å²) in [6, 6.07) is 2.61. The molecule has 0 aromatic carbocycles. The molecule has 1 aromatic rings. The van der Waals surface area contributed by atoms with Crippen LogP contribution in [0.2, 0.25) is 0 Å². The topological polar surface area (TPSA) is 50.4 Å². The van der Waals surface area contributed by atoms with E-state index in [0.29, 0.717) is 12.5 Å². The maximum atomic E-state index is 11.8. The summed E-state index contributed by atoms with van der Waals surface area (Å²) in [6.45, 7) is 14.8. The van der Waals surface area contributed by atoms with Crippen LogP contribution < -0.4 is 10.6 Å². The zero-order chi connectivity index (χ0) is 16.9. The van der Waals surface area contributed by atoms with Crippen molar-refractivity contribution in [3.05, 3.63) is 21.9 Å². The van der Waals surface area contributed by atoms with Crippen molar-refractivity contribution in [2.24, 2.45) is 5.92 Å². The van der Waals surface area contributed by atoms with E-state index in [4.69, 9.17) is 4.74 Å². The van der Waals surface area contributed by atoms with Crippen LogP contribution in [0.1, 0.15) is 58.0 Å². The Morgan fingerprint density at radius 1 is 1.32 bits per heavy atom. The van der Waals surface area contributed by atoms with Crippen molar-refractivity contribution in [3.63, 3.8) is 0 Å². The van der Waals surface area contributed by atoms with Crippen molar-refractivity contribution in [1.82, 2.24) is 10.6 Å². The largest absolute Gasteiger partial charge is 0.444 e. The minimum atomic E-state index is -0.466. The molecule has 0 spiro atoms. The number of nitrogens with one attached hydrogen (secondary N) is 2. The fourth-order valence-electron chi connectivity index (χ4n) is 2.22. The molecule has 2 atom stereocenters. The molecule has 0 saturated heterocycles. The molecular formula is C17H30N2O2S. The summed E-state index contributed by atoms with van der Waals surface area (Å²) >= 11 is 1.77. The van der Waals surface area contributed by atoms with Crippen molar-refractivity contribution < 1.29 is 9.53 Å². The summed E-state index contributed by atoms with van der Waals surface area (Å²) in [5.41, 5.74) is 0.847. The highest BCUT2D eigenvalue weighted by atomic mass is 32.1. The van der Waals surface area contributed by atoms with Crippen LogP contribution in [0.15, 0.2) is 11.4 Å². The Kier molecular flexibility index (Phi) is 6.88. The molecule has 0 fully saturated rings. The first-order valence-electron chi connectivity index (χ1n) is 7.87. The van der Waals surface area contributed by atoms with Gasteiger partial charge in [-0.3, -0.25) is 0 Å². The van der Waals surface area contributed by atoms with Gasteiger partial charge in [-0.2, -0.15) is 0 Å². The molecular weight excluding hydrogens is 296 g/mol. The highest BCUT2D eigenvalue weighted by molar-refractivity contribution is 7.10. The molecule has 0 bridgehead atoms. The summed E-state index contributed by atoms with van der Waals surface area (Å²) in [6.07, 6.45) is -0.361. The maximum absolute atomic E-state index is 11.8. The molecule has 2 N–H and O–H groups in total. The Morgan fingerprint density at radius 2 is 1.95 bits per heavy atom. The van der Waals surface area contributed by atoms with Gasteiger partial charge in [-0.25, -0.2) is 4.79 Å². The fourth-order valence-corrected chi connectivity index (χ4v) is 3.16. The molecule has 5 heteroatoms. The first-order valence-corrected chi connectivity index (χ1v) is 8.75. The van der Waals surface area contributed by atoms with Crippen LogP contribution in [0.5, 0.6) is 0 Å². The molecule has 0 aliphatic rings. The molecule has 0 aliphatic carbocycles. The average Bonchev–Trinajstić information content (AvgIpc) is 2.78. The second-order valence-electron chi connectivity index (χ2n) is 7.09. The molecule has 1 aromatic heterocycles. The lowest BCUT2D eigenvalue weighted by molar-refractivity contribution is 0.0518. The van der Waals surface area contributed by atoms with Gasteiger partial charge in [0, 0.05) is 23.5 Å². The number of amides is 1. The Bertz CT molecular complexity index is 477. The van der Waals surface area contributed by atoms with Crippen molar-refractivity contribution in [3.8, 4) is 0 Å². The summed E-state index contributed by atoms with van der Waals surface area (Å²) in [5, 5.41) is 8.60. The number of carbonyl (C=O) groups is 1. The zero-order valence-electron chi connectivity index (χ0n) is 14.8. The van der Waals surface area contributed by atoms with Gasteiger partial charge in [-0.1, -0.05) is 13.8 Å². The molecule has 22 heavy (non-hydrogen) atoms. The third-order valence-electron chi connectivity index (χ3n) is 3.43. The third kappa shape index (κ3) is 6.36. The number of aryl methyl sites for hydroxylation is 1. The minimum absolute atomic E-state index is 0.198. The third-order valence-corrected chi connectivity index (χ3v) is 4.63. The van der Waals surface area contributed by atoms with E-state index in [-0.39, 0.29) is 18.2 Å². The molecule has 1 amide bonds. The molecule has 1 heterocycles. The fraction of sp³-hybridized carbons (Fsp3) is 0.706. The monoisotopic (exact) mass is 326 g/mol. The number of hydrogen-bond acceptors (Lipinski definition) is 4. The van der Waals surface area contributed by atoms with Gasteiger partial charge in [0.25, 0.3) is 0 Å². The highest BCUT2D eigenvalue weighted by Crippen LogP contribution is 2.24. The van der Waals surface area contributed by atoms with E-state index in [1.165, 1.54) is 10.4 Å². The van der Waals surface area contributed by atoms with Crippen LogP contribution in [0, 0.1) is 12.8 Å². The maximum Gasteiger partial charge on any atom is 0.407 e. The predicted octanol–water partition coefficient (Wildman–Crippen LogP) is 4.26. The van der Waals surface area contributed by atoms with Crippen LogP contribution in [-0.2, 0) is 4.74 Å². The number of rotatable bonds is 6. The van der Waals surface area contributed by atoms with Gasteiger partial charge in [-0.15, -0.1) is 11.3 Å². The van der Waals surface area contributed by atoms with E-state index in [1.807, 2.05) is 20.8 Å². The molecule has 2 unspecified atom stereocenters. The molecule has 0 aliphatic heterocycles. The first-order chi connectivity index (χ1) is 10.1. The number of carbonyl (C=O) groups excluding carboxylic acids is 1. The van der Waals surface area contributed by atoms with Crippen LogP contribution in [0.25, 0.3) is 0 Å². The Labute approximate surface area is 138 Å². The molecule has 4 nitrogen and oxygen atoms in total. The first kappa shape index (κ1) is 19.0. The standard InChI is InChI=1S/C17H30N2O2S/c1-11(2)14(10-18-16(20)21-17(5,6)7)19-13(4)15-12(3)8-9-22-15/h8-9,11,13-14,19H,10H2,1-7H3,(H,18,20). The smallest absolute Gasteiger partial charge is 0.407 e. The van der Waals surface area contributed by atoms with E-state index in [1.54, 1.807) is 11.3 Å². The summed E-state index contributed by atoms with van der Waals surface area (Å²) < 4.78 is 5.29. The quantitative estimate of drug-likeness (QED) is 0.821. The van der Waals surface area contributed by atoms with E-state index in [9.17, 15) is 4.79 Å². The Morgan fingerprint density at radius 3 is 2.41 bits per heavy atom. The van der Waals surface area contributed by atoms with E-state index >= 15 is 0 Å². The van der Waals surface area contributed by atoms with E-state index in [0.717, 1.165) is 0 Å². The molecule has 1 rings (SSSR count). The Balaban J connectivity index is 2.56. The van der Waals surface area contributed by atoms with Gasteiger partial charge in [0.2, 0.25) is 0 Å². The van der Waals surface area contributed by atoms with Gasteiger partial charge >= 0.3 is 6.09 Å². The van der Waals surface area contributed by atoms with Crippen molar-refractivity contribution >= 4 is 17.4 Å². The average molecular weight is 327 g/mol. The normalized spacial score (nSPS) is 14.7. The van der Waals surface area contributed by atoms with Crippen LogP contribution >= 0.6 is 11.3 Å². The van der Waals surface area contributed by atoms with Crippen molar-refractivity contribution in [1.29, 1.82) is 0 Å². The summed E-state index contributed by atoms with van der Waals surface area (Å²) in [5.74, 6) is 0.414. The minimum Gasteiger partial charge on any atom is -0.444 e. The lowest BCUT2D eigenvalue weighted by Gasteiger charge is -2.27. The van der Waals surface area contributed by atoms with Gasteiger partial charge in [-0.05, 0) is 57.5 Å². The molecule has 0 radical (unpaired) electrons. The molecule has 0 saturated carbocycles. The van der Waals surface area contributed by atoms with E-state index in [2.05, 4.69) is 49.8 Å². The second-order valence-corrected chi connectivity index (χ2v) is 8.04. The van der Waals surface area contributed by atoms with Gasteiger partial charge in [0.1, 0.15) is 5.60 Å². The number of ether oxygens (including phenoxy) is 1. The van der Waals surface area contributed by atoms with Gasteiger partial charge in [0.15, 0.2) is 0 Å². The molecule has 126 valence electrons. The highest BCUT2D eigenvalue weighted by Gasteiger charge is 2.21. The van der Waals surface area contributed by atoms with Crippen molar-refractivity contribution in [2.75, 3.05) is 6.54 Å². The van der Waals surface area contributed by atoms with E-state index < -0.39 is 5.60 Å². The van der Waals surface area contributed by atoms with Crippen LogP contribution in [-0.4, -0.2) is 24.3 Å².